The van der Waals surface area contributed by atoms with Crippen LogP contribution in [0.2, 0.25) is 0 Å². The third kappa shape index (κ3) is 6.16. The van der Waals surface area contributed by atoms with Gasteiger partial charge in [0.15, 0.2) is 5.16 Å². The van der Waals surface area contributed by atoms with Crippen LogP contribution in [0.5, 0.6) is 5.75 Å². The van der Waals surface area contributed by atoms with Crippen molar-refractivity contribution in [2.45, 2.75) is 30.5 Å². The third-order valence-corrected chi connectivity index (χ3v) is 6.55. The number of aryl methyl sites for hydroxylation is 1. The number of carbonyl (C=O) groups excluding carboxylic acids is 1. The molecule has 4 aromatic rings. The van der Waals surface area contributed by atoms with Crippen molar-refractivity contribution in [2.75, 3.05) is 0 Å². The van der Waals surface area contributed by atoms with Crippen molar-refractivity contribution < 1.29 is 23.2 Å². The van der Waals surface area contributed by atoms with Crippen LogP contribution in [0.25, 0.3) is 11.8 Å². The molecule has 4 rings (SSSR count). The number of ether oxygens (including phenoxy) is 1. The molecule has 0 saturated carbocycles. The van der Waals surface area contributed by atoms with E-state index in [-0.39, 0.29) is 22.6 Å². The number of nitrogens with zero attached hydrogens (tertiary/aromatic N) is 5. The quantitative estimate of drug-likeness (QED) is 0.0594. The standard InChI is InChI=1S/C27H19F2N5O4S/c1-16-12-22(17(2)33(16)20-5-7-21(8-6-20)38-26(28)29)25(35)19(15-30)13-18-4-9-24(23(14-18)34(36)37)39-27-31-10-3-11-32-27/h3-14,26H,1-2H3/b19-13-. The lowest BCUT2D eigenvalue weighted by atomic mass is 10.0. The van der Waals surface area contributed by atoms with Gasteiger partial charge in [-0.25, -0.2) is 9.97 Å². The summed E-state index contributed by atoms with van der Waals surface area (Å²) >= 11 is 1.02. The SMILES string of the molecule is Cc1cc(C(=O)/C(C#N)=C\c2ccc(Sc3ncccn3)c([N+](=O)[O-])c2)c(C)n1-c1ccc(OC(F)F)cc1. The number of rotatable bonds is 9. The monoisotopic (exact) mass is 547 g/mol. The Bertz CT molecular complexity index is 1610. The molecule has 0 aliphatic rings. The number of ketones is 1. The van der Waals surface area contributed by atoms with Gasteiger partial charge in [0, 0.05) is 41.1 Å². The topological polar surface area (TPSA) is 124 Å². The van der Waals surface area contributed by atoms with Crippen LogP contribution in [0.15, 0.2) is 82.6 Å². The zero-order valence-corrected chi connectivity index (χ0v) is 21.4. The van der Waals surface area contributed by atoms with E-state index < -0.39 is 17.3 Å². The average molecular weight is 548 g/mol. The number of allylic oxidation sites excluding steroid dienone is 1. The summed E-state index contributed by atoms with van der Waals surface area (Å²) < 4.78 is 31.1. The summed E-state index contributed by atoms with van der Waals surface area (Å²) in [6, 6.07) is 15.4. The molecule has 2 aromatic carbocycles. The van der Waals surface area contributed by atoms with Crippen LogP contribution in [-0.2, 0) is 0 Å². The molecular weight excluding hydrogens is 528 g/mol. The molecule has 0 bridgehead atoms. The number of hydrogen-bond donors (Lipinski definition) is 0. The molecule has 0 amide bonds. The van der Waals surface area contributed by atoms with Crippen molar-refractivity contribution in [3.63, 3.8) is 0 Å². The largest absolute Gasteiger partial charge is 0.435 e. The minimum absolute atomic E-state index is 0.00276. The van der Waals surface area contributed by atoms with Crippen molar-refractivity contribution in [3.8, 4) is 17.5 Å². The molecule has 0 atom stereocenters. The predicted molar refractivity (Wildman–Crippen MR) is 139 cm³/mol. The maximum Gasteiger partial charge on any atom is 0.387 e. The van der Waals surface area contributed by atoms with Crippen molar-refractivity contribution in [3.05, 3.63) is 105 Å². The van der Waals surface area contributed by atoms with Gasteiger partial charge < -0.3 is 9.30 Å². The second kappa shape index (κ2) is 11.7. The van der Waals surface area contributed by atoms with E-state index in [0.29, 0.717) is 32.7 Å². The highest BCUT2D eigenvalue weighted by molar-refractivity contribution is 7.99. The Morgan fingerprint density at radius 1 is 1.15 bits per heavy atom. The van der Waals surface area contributed by atoms with Crippen molar-refractivity contribution in [1.29, 1.82) is 5.26 Å². The van der Waals surface area contributed by atoms with Crippen LogP contribution >= 0.6 is 11.8 Å². The lowest BCUT2D eigenvalue weighted by Crippen LogP contribution is -2.06. The number of nitriles is 1. The molecule has 9 nitrogen and oxygen atoms in total. The molecule has 0 fully saturated rings. The zero-order valence-electron chi connectivity index (χ0n) is 20.5. The first kappa shape index (κ1) is 27.2. The summed E-state index contributed by atoms with van der Waals surface area (Å²) in [6.07, 6.45) is 4.35. The minimum atomic E-state index is -2.94. The number of nitro benzene ring substituents is 1. The van der Waals surface area contributed by atoms with Gasteiger partial charge in [-0.05, 0) is 79.7 Å². The van der Waals surface area contributed by atoms with Crippen LogP contribution in [0.4, 0.5) is 14.5 Å². The molecule has 0 spiro atoms. The van der Waals surface area contributed by atoms with Gasteiger partial charge in [-0.3, -0.25) is 14.9 Å². The lowest BCUT2D eigenvalue weighted by molar-refractivity contribution is -0.387. The molecule has 2 aromatic heterocycles. The molecule has 2 heterocycles. The Morgan fingerprint density at radius 3 is 2.46 bits per heavy atom. The van der Waals surface area contributed by atoms with Crippen LogP contribution in [0, 0.1) is 35.3 Å². The highest BCUT2D eigenvalue weighted by Gasteiger charge is 2.22. The Balaban J connectivity index is 1.64. The highest BCUT2D eigenvalue weighted by Crippen LogP contribution is 2.34. The number of hydrogen-bond acceptors (Lipinski definition) is 8. The van der Waals surface area contributed by atoms with E-state index in [4.69, 9.17) is 0 Å². The van der Waals surface area contributed by atoms with Gasteiger partial charge in [0.25, 0.3) is 5.69 Å². The molecule has 0 unspecified atom stereocenters. The van der Waals surface area contributed by atoms with E-state index in [1.54, 1.807) is 48.7 Å². The van der Waals surface area contributed by atoms with Gasteiger partial charge >= 0.3 is 6.61 Å². The summed E-state index contributed by atoms with van der Waals surface area (Å²) in [7, 11) is 0. The Labute approximate surface area is 225 Å². The second-order valence-electron chi connectivity index (χ2n) is 8.11. The summed E-state index contributed by atoms with van der Waals surface area (Å²) in [4.78, 5) is 32.9. The third-order valence-electron chi connectivity index (χ3n) is 5.59. The van der Waals surface area contributed by atoms with Gasteiger partial charge in [0.05, 0.1) is 9.82 Å². The molecule has 0 aliphatic carbocycles. The number of carbonyl (C=O) groups is 1. The first-order chi connectivity index (χ1) is 18.7. The fraction of sp³-hybridized carbons (Fsp3) is 0.111. The number of Topliss-reactive ketones (excluding diaryl/α,β-unsaturated/α-hetero) is 1. The fourth-order valence-corrected chi connectivity index (χ4v) is 4.71. The van der Waals surface area contributed by atoms with Crippen LogP contribution in [0.1, 0.15) is 27.3 Å². The number of halogens is 2. The van der Waals surface area contributed by atoms with Crippen molar-refractivity contribution in [1.82, 2.24) is 14.5 Å². The molecule has 0 radical (unpaired) electrons. The maximum atomic E-state index is 13.3. The fourth-order valence-electron chi connectivity index (χ4n) is 3.92. The van der Waals surface area contributed by atoms with Crippen LogP contribution < -0.4 is 4.74 Å². The second-order valence-corrected chi connectivity index (χ2v) is 9.12. The first-order valence-corrected chi connectivity index (χ1v) is 12.1. The van der Waals surface area contributed by atoms with E-state index >= 15 is 0 Å². The van der Waals surface area contributed by atoms with Crippen LogP contribution in [-0.4, -0.2) is 31.9 Å². The molecule has 196 valence electrons. The number of benzene rings is 2. The van der Waals surface area contributed by atoms with E-state index in [1.165, 1.54) is 42.7 Å². The molecule has 0 N–H and O–H groups in total. The highest BCUT2D eigenvalue weighted by atomic mass is 32.2. The summed E-state index contributed by atoms with van der Waals surface area (Å²) in [5.41, 5.74) is 1.95. The van der Waals surface area contributed by atoms with Gasteiger partial charge in [0.1, 0.15) is 17.4 Å². The van der Waals surface area contributed by atoms with Gasteiger partial charge in [-0.2, -0.15) is 14.0 Å². The average Bonchev–Trinajstić information content (AvgIpc) is 3.21. The van der Waals surface area contributed by atoms with E-state index in [2.05, 4.69) is 14.7 Å². The molecule has 39 heavy (non-hydrogen) atoms. The summed E-state index contributed by atoms with van der Waals surface area (Å²) in [5.74, 6) is -0.565. The Hall–Kier alpha value is -4.89. The van der Waals surface area contributed by atoms with E-state index in [0.717, 1.165) is 11.8 Å². The summed E-state index contributed by atoms with van der Waals surface area (Å²) in [5, 5.41) is 21.8. The lowest BCUT2D eigenvalue weighted by Gasteiger charge is -2.11. The maximum absolute atomic E-state index is 13.3. The Kier molecular flexibility index (Phi) is 8.12. The van der Waals surface area contributed by atoms with Gasteiger partial charge in [-0.1, -0.05) is 6.07 Å². The normalized spacial score (nSPS) is 11.3. The van der Waals surface area contributed by atoms with E-state index in [9.17, 15) is 29.0 Å². The predicted octanol–water partition coefficient (Wildman–Crippen LogP) is 6.33. The van der Waals surface area contributed by atoms with Crippen molar-refractivity contribution in [2.24, 2.45) is 0 Å². The number of nitro groups is 1. The first-order valence-electron chi connectivity index (χ1n) is 11.3. The van der Waals surface area contributed by atoms with Crippen molar-refractivity contribution >= 4 is 29.3 Å². The van der Waals surface area contributed by atoms with E-state index in [1.807, 2.05) is 6.07 Å². The van der Waals surface area contributed by atoms with Gasteiger partial charge in [-0.15, -0.1) is 0 Å². The Morgan fingerprint density at radius 2 is 1.85 bits per heavy atom. The number of aromatic nitrogens is 3. The number of alkyl halides is 2. The minimum Gasteiger partial charge on any atom is -0.435 e. The molecular formula is C27H19F2N5O4S. The zero-order chi connectivity index (χ0) is 28.1. The molecule has 12 heteroatoms. The van der Waals surface area contributed by atoms with Gasteiger partial charge in [0.2, 0.25) is 5.78 Å². The summed E-state index contributed by atoms with van der Waals surface area (Å²) in [6.45, 7) is 0.515. The molecule has 0 saturated heterocycles. The smallest absolute Gasteiger partial charge is 0.387 e. The molecule has 0 aliphatic heterocycles. The van der Waals surface area contributed by atoms with Crippen LogP contribution in [0.3, 0.4) is 0 Å².